The SMILES string of the molecule is O=C(CC1(c2ccc(OCc3cc(C(F)(F)F)nc4ccccc34)cc2)CCCCS1(=O)=O)NO. The summed E-state index contributed by atoms with van der Waals surface area (Å²) in [4.78, 5) is 15.6. The maximum absolute atomic E-state index is 13.3. The van der Waals surface area contributed by atoms with E-state index in [1.807, 2.05) is 0 Å². The summed E-state index contributed by atoms with van der Waals surface area (Å²) in [5, 5.41) is 9.50. The molecule has 1 aliphatic heterocycles. The van der Waals surface area contributed by atoms with E-state index in [9.17, 15) is 26.4 Å². The van der Waals surface area contributed by atoms with Crippen LogP contribution in [0.4, 0.5) is 13.2 Å². The third kappa shape index (κ3) is 4.96. The molecule has 0 saturated carbocycles. The van der Waals surface area contributed by atoms with Gasteiger partial charge in [0.25, 0.3) is 0 Å². The van der Waals surface area contributed by atoms with Gasteiger partial charge in [-0.2, -0.15) is 13.2 Å². The van der Waals surface area contributed by atoms with Crippen LogP contribution in [0.1, 0.15) is 42.5 Å². The van der Waals surface area contributed by atoms with Crippen LogP contribution in [0.15, 0.2) is 54.6 Å². The molecule has 1 fully saturated rings. The second kappa shape index (κ2) is 9.46. The normalized spacial score (nSPS) is 19.9. The fraction of sp³-hybridized carbons (Fsp3) is 0.333. The number of halogens is 3. The molecule has 1 saturated heterocycles. The van der Waals surface area contributed by atoms with Gasteiger partial charge in [0.05, 0.1) is 17.7 Å². The minimum absolute atomic E-state index is 0.0688. The zero-order chi connectivity index (χ0) is 25.3. The molecule has 2 heterocycles. The number of carbonyl (C=O) groups is 1. The number of fused-ring (bicyclic) bond motifs is 1. The summed E-state index contributed by atoms with van der Waals surface area (Å²) in [5.74, 6) is -0.556. The standard InChI is InChI=1S/C24H23F3N2O5S/c25-24(26,27)21-13-16(19-5-1-2-6-20(19)28-21)15-34-18-9-7-17(8-10-18)23(14-22(30)29-31)11-3-4-12-35(23,32)33/h1-2,5-10,13,31H,3-4,11-12,14-15H2,(H,29,30). The van der Waals surface area contributed by atoms with Crippen molar-refractivity contribution in [1.82, 2.24) is 10.5 Å². The van der Waals surface area contributed by atoms with Crippen LogP contribution in [-0.4, -0.2) is 30.3 Å². The smallest absolute Gasteiger partial charge is 0.433 e. The van der Waals surface area contributed by atoms with E-state index in [-0.39, 0.29) is 24.3 Å². The number of hydrogen-bond acceptors (Lipinski definition) is 6. The Hall–Kier alpha value is -3.18. The molecule has 1 aliphatic rings. The summed E-state index contributed by atoms with van der Waals surface area (Å²) in [5.41, 5.74) is 1.39. The van der Waals surface area contributed by atoms with Crippen molar-refractivity contribution < 1.29 is 36.3 Å². The molecule has 186 valence electrons. The van der Waals surface area contributed by atoms with E-state index < -0.39 is 38.8 Å². The Morgan fingerprint density at radius 2 is 1.83 bits per heavy atom. The van der Waals surface area contributed by atoms with E-state index in [0.29, 0.717) is 35.1 Å². The maximum Gasteiger partial charge on any atom is 0.433 e. The number of pyridine rings is 1. The fourth-order valence-electron chi connectivity index (χ4n) is 4.50. The number of hydrogen-bond donors (Lipinski definition) is 2. The average Bonchev–Trinajstić information content (AvgIpc) is 2.83. The third-order valence-corrected chi connectivity index (χ3v) is 8.88. The number of amides is 1. The van der Waals surface area contributed by atoms with Crippen LogP contribution in [0.2, 0.25) is 0 Å². The zero-order valence-electron chi connectivity index (χ0n) is 18.5. The van der Waals surface area contributed by atoms with E-state index in [0.717, 1.165) is 6.07 Å². The lowest BCUT2D eigenvalue weighted by Gasteiger charge is -2.36. The Labute approximate surface area is 199 Å². The zero-order valence-corrected chi connectivity index (χ0v) is 19.3. The summed E-state index contributed by atoms with van der Waals surface area (Å²) in [7, 11) is -3.68. The van der Waals surface area contributed by atoms with Crippen LogP contribution >= 0.6 is 0 Å². The number of ether oxygens (including phenoxy) is 1. The van der Waals surface area contributed by atoms with E-state index in [2.05, 4.69) is 4.98 Å². The van der Waals surface area contributed by atoms with Crippen molar-refractivity contribution in [3.63, 3.8) is 0 Å². The van der Waals surface area contributed by atoms with Crippen LogP contribution in [0, 0.1) is 0 Å². The van der Waals surface area contributed by atoms with Crippen LogP contribution in [0.25, 0.3) is 10.9 Å². The number of aromatic nitrogens is 1. The molecular formula is C24H23F3N2O5S. The third-order valence-electron chi connectivity index (χ3n) is 6.28. The Balaban J connectivity index is 1.62. The fourth-order valence-corrected chi connectivity index (χ4v) is 6.78. The van der Waals surface area contributed by atoms with Gasteiger partial charge in [-0.05, 0) is 42.7 Å². The first-order valence-electron chi connectivity index (χ1n) is 10.9. The second-order valence-electron chi connectivity index (χ2n) is 8.48. The van der Waals surface area contributed by atoms with Gasteiger partial charge in [0.1, 0.15) is 22.8 Å². The first-order chi connectivity index (χ1) is 16.6. The molecule has 0 bridgehead atoms. The molecule has 35 heavy (non-hydrogen) atoms. The summed E-state index contributed by atoms with van der Waals surface area (Å²) >= 11 is 0. The topological polar surface area (TPSA) is 106 Å². The molecule has 1 atom stereocenters. The van der Waals surface area contributed by atoms with Gasteiger partial charge in [0.15, 0.2) is 9.84 Å². The van der Waals surface area contributed by atoms with Gasteiger partial charge in [-0.3, -0.25) is 10.0 Å². The van der Waals surface area contributed by atoms with Gasteiger partial charge in [-0.25, -0.2) is 18.9 Å². The number of carbonyl (C=O) groups excluding carboxylic acids is 1. The van der Waals surface area contributed by atoms with Crippen LogP contribution in [-0.2, 0) is 32.2 Å². The highest BCUT2D eigenvalue weighted by Gasteiger charge is 2.48. The molecule has 3 aromatic rings. The highest BCUT2D eigenvalue weighted by atomic mass is 32.2. The highest BCUT2D eigenvalue weighted by Crippen LogP contribution is 2.43. The molecule has 11 heteroatoms. The van der Waals surface area contributed by atoms with Crippen LogP contribution in [0.5, 0.6) is 5.75 Å². The Bertz CT molecular complexity index is 1340. The van der Waals surface area contributed by atoms with Crippen molar-refractivity contribution >= 4 is 26.6 Å². The molecule has 1 amide bonds. The second-order valence-corrected chi connectivity index (χ2v) is 10.9. The van der Waals surface area contributed by atoms with Gasteiger partial charge in [-0.15, -0.1) is 0 Å². The average molecular weight is 509 g/mol. The van der Waals surface area contributed by atoms with E-state index >= 15 is 0 Å². The maximum atomic E-state index is 13.3. The van der Waals surface area contributed by atoms with Crippen molar-refractivity contribution in [3.8, 4) is 5.75 Å². The number of sulfone groups is 1. The predicted octanol–water partition coefficient (Wildman–Crippen LogP) is 4.52. The number of alkyl halides is 3. The van der Waals surface area contributed by atoms with E-state index in [1.54, 1.807) is 18.2 Å². The molecule has 1 unspecified atom stereocenters. The van der Waals surface area contributed by atoms with Crippen molar-refractivity contribution in [2.75, 3.05) is 5.75 Å². The molecule has 4 rings (SSSR count). The Kier molecular flexibility index (Phi) is 6.74. The molecule has 1 aromatic heterocycles. The van der Waals surface area contributed by atoms with Crippen molar-refractivity contribution in [2.24, 2.45) is 0 Å². The molecule has 7 nitrogen and oxygen atoms in total. The number of hydroxylamine groups is 1. The molecule has 0 aliphatic carbocycles. The summed E-state index contributed by atoms with van der Waals surface area (Å²) in [6, 6.07) is 13.5. The summed E-state index contributed by atoms with van der Waals surface area (Å²) < 4.78 is 70.2. The van der Waals surface area contributed by atoms with Gasteiger partial charge in [-0.1, -0.05) is 36.8 Å². The largest absolute Gasteiger partial charge is 0.489 e. The van der Waals surface area contributed by atoms with Crippen LogP contribution in [0.3, 0.4) is 0 Å². The molecular weight excluding hydrogens is 485 g/mol. The first-order valence-corrected chi connectivity index (χ1v) is 12.6. The minimum atomic E-state index is -4.61. The first kappa shape index (κ1) is 24.9. The Morgan fingerprint density at radius 3 is 2.49 bits per heavy atom. The van der Waals surface area contributed by atoms with Gasteiger partial charge in [0.2, 0.25) is 5.91 Å². The van der Waals surface area contributed by atoms with Crippen LogP contribution < -0.4 is 10.2 Å². The lowest BCUT2D eigenvalue weighted by atomic mass is 9.88. The monoisotopic (exact) mass is 508 g/mol. The lowest BCUT2D eigenvalue weighted by molar-refractivity contribution is -0.141. The van der Waals surface area contributed by atoms with Crippen molar-refractivity contribution in [2.45, 2.75) is 43.2 Å². The molecule has 0 spiro atoms. The highest BCUT2D eigenvalue weighted by molar-refractivity contribution is 7.92. The minimum Gasteiger partial charge on any atom is -0.489 e. The number of benzene rings is 2. The van der Waals surface area contributed by atoms with Crippen molar-refractivity contribution in [1.29, 1.82) is 0 Å². The van der Waals surface area contributed by atoms with Gasteiger partial charge in [0, 0.05) is 10.9 Å². The summed E-state index contributed by atoms with van der Waals surface area (Å²) in [6.07, 6.45) is -3.71. The lowest BCUT2D eigenvalue weighted by Crippen LogP contribution is -2.44. The molecule has 0 radical (unpaired) electrons. The van der Waals surface area contributed by atoms with E-state index in [1.165, 1.54) is 35.8 Å². The number of nitrogens with one attached hydrogen (secondary N) is 1. The van der Waals surface area contributed by atoms with E-state index in [4.69, 9.17) is 9.94 Å². The quantitative estimate of drug-likeness (QED) is 0.375. The molecule has 2 aromatic carbocycles. The molecule has 2 N–H and O–H groups in total. The number of rotatable bonds is 6. The predicted molar refractivity (Wildman–Crippen MR) is 121 cm³/mol. The van der Waals surface area contributed by atoms with Crippen molar-refractivity contribution in [3.05, 3.63) is 71.4 Å². The number of nitrogens with zero attached hydrogens (tertiary/aromatic N) is 1. The van der Waals surface area contributed by atoms with Gasteiger partial charge >= 0.3 is 6.18 Å². The Morgan fingerprint density at radius 1 is 1.11 bits per heavy atom. The summed E-state index contributed by atoms with van der Waals surface area (Å²) in [6.45, 7) is -0.165. The number of para-hydroxylation sites is 1. The van der Waals surface area contributed by atoms with Gasteiger partial charge < -0.3 is 4.74 Å².